The zero-order chi connectivity index (χ0) is 14.9. The quantitative estimate of drug-likeness (QED) is 0.872. The third kappa shape index (κ3) is 3.01. The average molecular weight is 356 g/mol. The van der Waals surface area contributed by atoms with Crippen molar-refractivity contribution in [2.45, 2.75) is 25.4 Å². The van der Waals surface area contributed by atoms with Crippen molar-refractivity contribution in [3.8, 4) is 5.75 Å². The SMILES string of the molecule is O=C(O)C1(CC2CNc3cc(Br)ccc3O2)CCOCC1. The second-order valence-electron chi connectivity index (χ2n) is 5.66. The van der Waals surface area contributed by atoms with Crippen molar-refractivity contribution < 1.29 is 19.4 Å². The molecule has 0 spiro atoms. The lowest BCUT2D eigenvalue weighted by Gasteiger charge is -2.37. The molecule has 3 rings (SSSR count). The molecule has 1 unspecified atom stereocenters. The number of carbonyl (C=O) groups is 1. The fourth-order valence-corrected chi connectivity index (χ4v) is 3.37. The number of carboxylic acid groups (broad SMARTS) is 1. The first-order valence-electron chi connectivity index (χ1n) is 7.10. The van der Waals surface area contributed by atoms with Crippen molar-refractivity contribution in [3.63, 3.8) is 0 Å². The van der Waals surface area contributed by atoms with Crippen LogP contribution in [-0.4, -0.2) is 36.9 Å². The summed E-state index contributed by atoms with van der Waals surface area (Å²) < 4.78 is 12.3. The van der Waals surface area contributed by atoms with Gasteiger partial charge in [0, 0.05) is 24.1 Å². The summed E-state index contributed by atoms with van der Waals surface area (Å²) in [5, 5.41) is 12.9. The Labute approximate surface area is 131 Å². The van der Waals surface area contributed by atoms with Crippen LogP contribution in [0.3, 0.4) is 0 Å². The fourth-order valence-electron chi connectivity index (χ4n) is 3.01. The summed E-state index contributed by atoms with van der Waals surface area (Å²) in [6.07, 6.45) is 1.48. The maximum atomic E-state index is 11.7. The number of carboxylic acids is 1. The molecule has 2 heterocycles. The van der Waals surface area contributed by atoms with Crippen molar-refractivity contribution in [1.82, 2.24) is 0 Å². The van der Waals surface area contributed by atoms with Gasteiger partial charge in [-0.1, -0.05) is 15.9 Å². The van der Waals surface area contributed by atoms with E-state index in [1.807, 2.05) is 18.2 Å². The number of hydrogen-bond acceptors (Lipinski definition) is 4. The Morgan fingerprint density at radius 1 is 1.43 bits per heavy atom. The Morgan fingerprint density at radius 2 is 2.19 bits per heavy atom. The molecule has 5 nitrogen and oxygen atoms in total. The first-order valence-corrected chi connectivity index (χ1v) is 7.90. The molecule has 2 aliphatic rings. The average Bonchev–Trinajstić information content (AvgIpc) is 2.48. The minimum absolute atomic E-state index is 0.132. The minimum Gasteiger partial charge on any atom is -0.486 e. The fraction of sp³-hybridized carbons (Fsp3) is 0.533. The van der Waals surface area contributed by atoms with E-state index in [9.17, 15) is 9.90 Å². The minimum atomic E-state index is -0.740. The summed E-state index contributed by atoms with van der Waals surface area (Å²) in [6, 6.07) is 5.78. The Hall–Kier alpha value is -1.27. The predicted molar refractivity (Wildman–Crippen MR) is 81.8 cm³/mol. The van der Waals surface area contributed by atoms with Crippen LogP contribution in [0.25, 0.3) is 0 Å². The Bertz CT molecular complexity index is 542. The van der Waals surface area contributed by atoms with E-state index in [0.717, 1.165) is 15.9 Å². The van der Waals surface area contributed by atoms with Crippen molar-refractivity contribution in [3.05, 3.63) is 22.7 Å². The largest absolute Gasteiger partial charge is 0.486 e. The number of halogens is 1. The summed E-state index contributed by atoms with van der Waals surface area (Å²) in [7, 11) is 0. The summed E-state index contributed by atoms with van der Waals surface area (Å²) in [5.41, 5.74) is 0.217. The number of rotatable bonds is 3. The van der Waals surface area contributed by atoms with Gasteiger partial charge >= 0.3 is 5.97 Å². The van der Waals surface area contributed by atoms with Crippen molar-refractivity contribution in [2.75, 3.05) is 25.1 Å². The smallest absolute Gasteiger partial charge is 0.309 e. The van der Waals surface area contributed by atoms with Gasteiger partial charge in [0.1, 0.15) is 11.9 Å². The standard InChI is InChI=1S/C15H18BrNO4/c16-10-1-2-13-12(7-10)17-9-11(21-13)8-15(14(18)19)3-5-20-6-4-15/h1-2,7,11,17H,3-6,8-9H2,(H,18,19). The topological polar surface area (TPSA) is 67.8 Å². The molecule has 21 heavy (non-hydrogen) atoms. The van der Waals surface area contributed by atoms with Gasteiger partial charge in [0.05, 0.1) is 17.6 Å². The Balaban J connectivity index is 1.73. The van der Waals surface area contributed by atoms with E-state index in [1.165, 1.54) is 0 Å². The van der Waals surface area contributed by atoms with Crippen molar-refractivity contribution >= 4 is 27.6 Å². The number of nitrogens with one attached hydrogen (secondary N) is 1. The highest BCUT2D eigenvalue weighted by molar-refractivity contribution is 9.10. The van der Waals surface area contributed by atoms with E-state index in [1.54, 1.807) is 0 Å². The van der Waals surface area contributed by atoms with Crippen LogP contribution in [0.5, 0.6) is 5.75 Å². The molecule has 1 aromatic rings. The molecule has 1 atom stereocenters. The third-order valence-electron chi connectivity index (χ3n) is 4.28. The van der Waals surface area contributed by atoms with Gasteiger partial charge in [-0.15, -0.1) is 0 Å². The highest BCUT2D eigenvalue weighted by Gasteiger charge is 2.43. The van der Waals surface area contributed by atoms with Gasteiger partial charge in [-0.05, 0) is 31.0 Å². The van der Waals surface area contributed by atoms with Gasteiger partial charge < -0.3 is 19.9 Å². The van der Waals surface area contributed by atoms with Crippen LogP contribution in [0.15, 0.2) is 22.7 Å². The van der Waals surface area contributed by atoms with Crippen LogP contribution < -0.4 is 10.1 Å². The normalized spacial score (nSPS) is 23.6. The van der Waals surface area contributed by atoms with Crippen molar-refractivity contribution in [1.29, 1.82) is 0 Å². The number of fused-ring (bicyclic) bond motifs is 1. The van der Waals surface area contributed by atoms with Crippen LogP contribution in [0.4, 0.5) is 5.69 Å². The Morgan fingerprint density at radius 3 is 2.90 bits per heavy atom. The molecule has 0 radical (unpaired) electrons. The van der Waals surface area contributed by atoms with Crippen molar-refractivity contribution in [2.24, 2.45) is 5.41 Å². The molecule has 1 saturated heterocycles. The zero-order valence-corrected chi connectivity index (χ0v) is 13.2. The van der Waals surface area contributed by atoms with E-state index in [-0.39, 0.29) is 6.10 Å². The van der Waals surface area contributed by atoms with Gasteiger partial charge in [-0.25, -0.2) is 0 Å². The van der Waals surface area contributed by atoms with Gasteiger partial charge in [0.15, 0.2) is 0 Å². The number of anilines is 1. The second-order valence-corrected chi connectivity index (χ2v) is 6.58. The summed E-state index contributed by atoms with van der Waals surface area (Å²) in [4.78, 5) is 11.7. The lowest BCUT2D eigenvalue weighted by atomic mass is 9.75. The molecule has 6 heteroatoms. The van der Waals surface area contributed by atoms with Crippen LogP contribution in [0, 0.1) is 5.41 Å². The zero-order valence-electron chi connectivity index (χ0n) is 11.6. The van der Waals surface area contributed by atoms with E-state index >= 15 is 0 Å². The number of aliphatic carboxylic acids is 1. The molecule has 2 aliphatic heterocycles. The third-order valence-corrected chi connectivity index (χ3v) is 4.77. The molecule has 114 valence electrons. The highest BCUT2D eigenvalue weighted by atomic mass is 79.9. The van der Waals surface area contributed by atoms with E-state index < -0.39 is 11.4 Å². The molecule has 1 aromatic carbocycles. The van der Waals surface area contributed by atoms with Gasteiger partial charge in [0.25, 0.3) is 0 Å². The molecule has 2 N–H and O–H groups in total. The maximum Gasteiger partial charge on any atom is 0.309 e. The highest BCUT2D eigenvalue weighted by Crippen LogP contribution is 2.39. The second kappa shape index (κ2) is 5.85. The van der Waals surface area contributed by atoms with Crippen LogP contribution in [-0.2, 0) is 9.53 Å². The summed E-state index contributed by atoms with van der Waals surface area (Å²) >= 11 is 3.43. The van der Waals surface area contributed by atoms with Gasteiger partial charge in [-0.3, -0.25) is 4.79 Å². The number of ether oxygens (including phenoxy) is 2. The van der Waals surface area contributed by atoms with Gasteiger partial charge in [0.2, 0.25) is 0 Å². The molecule has 0 saturated carbocycles. The van der Waals surface area contributed by atoms with Gasteiger partial charge in [-0.2, -0.15) is 0 Å². The predicted octanol–water partition coefficient (Wildman–Crippen LogP) is 2.89. The molecule has 0 bridgehead atoms. The lowest BCUT2D eigenvalue weighted by Crippen LogP contribution is -2.44. The molecular weight excluding hydrogens is 338 g/mol. The molecular formula is C15H18BrNO4. The monoisotopic (exact) mass is 355 g/mol. The Kier molecular flexibility index (Phi) is 4.08. The van der Waals surface area contributed by atoms with Crippen LogP contribution in [0.2, 0.25) is 0 Å². The van der Waals surface area contributed by atoms with E-state index in [2.05, 4.69) is 21.2 Å². The summed E-state index contributed by atoms with van der Waals surface area (Å²) in [6.45, 7) is 1.64. The first kappa shape index (κ1) is 14.7. The number of benzene rings is 1. The molecule has 1 fully saturated rings. The first-order chi connectivity index (χ1) is 10.1. The van der Waals surface area contributed by atoms with Crippen LogP contribution in [0.1, 0.15) is 19.3 Å². The van der Waals surface area contributed by atoms with Crippen LogP contribution >= 0.6 is 15.9 Å². The molecule has 0 aromatic heterocycles. The molecule has 0 aliphatic carbocycles. The number of hydrogen-bond donors (Lipinski definition) is 2. The summed E-state index contributed by atoms with van der Waals surface area (Å²) in [5.74, 6) is 0.0399. The molecule has 0 amide bonds. The maximum absolute atomic E-state index is 11.7. The van der Waals surface area contributed by atoms with E-state index in [4.69, 9.17) is 9.47 Å². The lowest BCUT2D eigenvalue weighted by molar-refractivity contribution is -0.157. The van der Waals surface area contributed by atoms with E-state index in [0.29, 0.717) is 39.0 Å².